The number of rotatable bonds is 4. The third-order valence-corrected chi connectivity index (χ3v) is 4.24. The van der Waals surface area contributed by atoms with Crippen LogP contribution >= 0.6 is 27.3 Å². The molecule has 0 atom stereocenters. The number of aryl methyl sites for hydroxylation is 2. The van der Waals surface area contributed by atoms with Crippen LogP contribution in [0.2, 0.25) is 0 Å². The highest BCUT2D eigenvalue weighted by atomic mass is 79.9. The van der Waals surface area contributed by atoms with Crippen molar-refractivity contribution in [1.29, 1.82) is 0 Å². The first-order valence-electron chi connectivity index (χ1n) is 5.64. The van der Waals surface area contributed by atoms with E-state index in [1.54, 1.807) is 23.5 Å². The number of halogens is 2. The summed E-state index contributed by atoms with van der Waals surface area (Å²) in [5, 5.41) is 4.26. The van der Waals surface area contributed by atoms with Crippen LogP contribution in [0.3, 0.4) is 0 Å². The Kier molecular flexibility index (Phi) is 4.48. The summed E-state index contributed by atoms with van der Waals surface area (Å²) in [7, 11) is 0. The number of nitrogens with one attached hydrogen (secondary N) is 1. The van der Waals surface area contributed by atoms with E-state index in [-0.39, 0.29) is 5.82 Å². The monoisotopic (exact) mass is 328 g/mol. The van der Waals surface area contributed by atoms with Crippen LogP contribution in [0.25, 0.3) is 0 Å². The smallest absolute Gasteiger partial charge is 0.127 e. The number of nitrogens with zero attached hydrogens (tertiary/aromatic N) is 1. The van der Waals surface area contributed by atoms with Crippen molar-refractivity contribution in [3.05, 3.63) is 49.6 Å². The van der Waals surface area contributed by atoms with Gasteiger partial charge in [0.1, 0.15) is 10.8 Å². The number of hydrogen-bond acceptors (Lipinski definition) is 3. The molecule has 0 saturated heterocycles. The molecule has 2 nitrogen and oxygen atoms in total. The fourth-order valence-corrected chi connectivity index (χ4v) is 2.91. The summed E-state index contributed by atoms with van der Waals surface area (Å²) in [5.41, 5.74) is 1.74. The first-order chi connectivity index (χ1) is 8.56. The molecule has 0 amide bonds. The van der Waals surface area contributed by atoms with Crippen LogP contribution in [0.1, 0.15) is 21.1 Å². The zero-order chi connectivity index (χ0) is 13.1. The molecule has 96 valence electrons. The summed E-state index contributed by atoms with van der Waals surface area (Å²) < 4.78 is 14.4. The maximum Gasteiger partial charge on any atom is 0.127 e. The number of benzene rings is 1. The van der Waals surface area contributed by atoms with E-state index in [0.717, 1.165) is 15.2 Å². The van der Waals surface area contributed by atoms with E-state index in [9.17, 15) is 4.39 Å². The summed E-state index contributed by atoms with van der Waals surface area (Å²) in [4.78, 5) is 5.67. The van der Waals surface area contributed by atoms with Gasteiger partial charge in [0.15, 0.2) is 0 Å². The number of thiazole rings is 1. The molecule has 0 aliphatic rings. The van der Waals surface area contributed by atoms with Gasteiger partial charge in [0, 0.05) is 28.0 Å². The molecule has 1 heterocycles. The highest BCUT2D eigenvalue weighted by Crippen LogP contribution is 2.17. The van der Waals surface area contributed by atoms with Gasteiger partial charge in [-0.05, 0) is 32.0 Å². The van der Waals surface area contributed by atoms with E-state index >= 15 is 0 Å². The van der Waals surface area contributed by atoms with Gasteiger partial charge in [0.2, 0.25) is 0 Å². The van der Waals surface area contributed by atoms with E-state index in [1.807, 2.05) is 6.92 Å². The second kappa shape index (κ2) is 5.91. The summed E-state index contributed by atoms with van der Waals surface area (Å²) in [6, 6.07) is 4.96. The Bertz CT molecular complexity index is 534. The predicted octanol–water partition coefficient (Wildman–Crippen LogP) is 3.95. The highest BCUT2D eigenvalue weighted by Gasteiger charge is 2.05. The minimum atomic E-state index is -0.183. The maximum absolute atomic E-state index is 13.5. The Morgan fingerprint density at radius 3 is 2.78 bits per heavy atom. The second-order valence-corrected chi connectivity index (χ2v) is 6.29. The number of hydrogen-bond donors (Lipinski definition) is 1. The molecule has 1 aromatic carbocycles. The molecule has 18 heavy (non-hydrogen) atoms. The van der Waals surface area contributed by atoms with E-state index in [4.69, 9.17) is 0 Å². The number of aromatic nitrogens is 1. The van der Waals surface area contributed by atoms with E-state index in [1.165, 1.54) is 10.9 Å². The minimum Gasteiger partial charge on any atom is -0.306 e. The third-order valence-electron chi connectivity index (χ3n) is 2.67. The van der Waals surface area contributed by atoms with Gasteiger partial charge in [-0.25, -0.2) is 9.37 Å². The molecule has 0 bridgehead atoms. The second-order valence-electron chi connectivity index (χ2n) is 4.09. The summed E-state index contributed by atoms with van der Waals surface area (Å²) >= 11 is 5.02. The van der Waals surface area contributed by atoms with Crippen molar-refractivity contribution in [2.75, 3.05) is 0 Å². The van der Waals surface area contributed by atoms with Crippen molar-refractivity contribution in [3.63, 3.8) is 0 Å². The van der Waals surface area contributed by atoms with Crippen LogP contribution in [-0.4, -0.2) is 4.98 Å². The van der Waals surface area contributed by atoms with E-state index in [0.29, 0.717) is 18.7 Å². The van der Waals surface area contributed by atoms with Crippen molar-refractivity contribution in [3.8, 4) is 0 Å². The van der Waals surface area contributed by atoms with Crippen LogP contribution in [0.4, 0.5) is 4.39 Å². The Labute approximate surface area is 118 Å². The normalized spacial score (nSPS) is 10.9. The van der Waals surface area contributed by atoms with Gasteiger partial charge in [0.05, 0.1) is 5.69 Å². The quantitative estimate of drug-likeness (QED) is 0.919. The van der Waals surface area contributed by atoms with Crippen LogP contribution in [-0.2, 0) is 13.1 Å². The lowest BCUT2D eigenvalue weighted by Crippen LogP contribution is -2.13. The van der Waals surface area contributed by atoms with Gasteiger partial charge in [0.25, 0.3) is 0 Å². The van der Waals surface area contributed by atoms with E-state index in [2.05, 4.69) is 33.2 Å². The van der Waals surface area contributed by atoms with Crippen LogP contribution in [0, 0.1) is 19.7 Å². The van der Waals surface area contributed by atoms with Crippen molar-refractivity contribution in [2.24, 2.45) is 0 Å². The fraction of sp³-hybridized carbons (Fsp3) is 0.308. The molecule has 0 aliphatic carbocycles. The molecule has 0 unspecified atom stereocenters. The molecule has 1 aromatic heterocycles. The SMILES string of the molecule is Cc1nc(CNCc2cc(Br)ccc2F)sc1C. The highest BCUT2D eigenvalue weighted by molar-refractivity contribution is 9.10. The Balaban J connectivity index is 1.94. The van der Waals surface area contributed by atoms with Crippen LogP contribution in [0.15, 0.2) is 22.7 Å². The zero-order valence-corrected chi connectivity index (χ0v) is 12.7. The Morgan fingerprint density at radius 1 is 1.33 bits per heavy atom. The fourth-order valence-electron chi connectivity index (χ4n) is 1.60. The Morgan fingerprint density at radius 2 is 2.11 bits per heavy atom. The van der Waals surface area contributed by atoms with Crippen molar-refractivity contribution >= 4 is 27.3 Å². The van der Waals surface area contributed by atoms with Gasteiger partial charge in [-0.1, -0.05) is 15.9 Å². The molecule has 1 N–H and O–H groups in total. The molecule has 2 rings (SSSR count). The van der Waals surface area contributed by atoms with Crippen molar-refractivity contribution < 1.29 is 4.39 Å². The summed E-state index contributed by atoms with van der Waals surface area (Å²) in [5.74, 6) is -0.183. The molecule has 0 spiro atoms. The average Bonchev–Trinajstić information content (AvgIpc) is 2.63. The van der Waals surface area contributed by atoms with Gasteiger partial charge < -0.3 is 5.32 Å². The molecule has 0 radical (unpaired) electrons. The van der Waals surface area contributed by atoms with Crippen molar-refractivity contribution in [1.82, 2.24) is 10.3 Å². The largest absolute Gasteiger partial charge is 0.306 e. The lowest BCUT2D eigenvalue weighted by Gasteiger charge is -2.05. The predicted molar refractivity (Wildman–Crippen MR) is 76.2 cm³/mol. The lowest BCUT2D eigenvalue weighted by atomic mass is 10.2. The molecule has 0 aliphatic heterocycles. The van der Waals surface area contributed by atoms with Gasteiger partial charge in [-0.3, -0.25) is 0 Å². The first-order valence-corrected chi connectivity index (χ1v) is 7.25. The molecule has 0 saturated carbocycles. The summed E-state index contributed by atoms with van der Waals surface area (Å²) in [6.07, 6.45) is 0. The Hall–Kier alpha value is -0.780. The van der Waals surface area contributed by atoms with E-state index < -0.39 is 0 Å². The minimum absolute atomic E-state index is 0.183. The maximum atomic E-state index is 13.5. The van der Waals surface area contributed by atoms with Gasteiger partial charge in [-0.2, -0.15) is 0 Å². The zero-order valence-electron chi connectivity index (χ0n) is 10.3. The van der Waals surface area contributed by atoms with Crippen molar-refractivity contribution in [2.45, 2.75) is 26.9 Å². The third kappa shape index (κ3) is 3.37. The van der Waals surface area contributed by atoms with Gasteiger partial charge >= 0.3 is 0 Å². The average molecular weight is 329 g/mol. The first kappa shape index (κ1) is 13.6. The van der Waals surface area contributed by atoms with Gasteiger partial charge in [-0.15, -0.1) is 11.3 Å². The van der Waals surface area contributed by atoms with Crippen LogP contribution < -0.4 is 5.32 Å². The lowest BCUT2D eigenvalue weighted by molar-refractivity contribution is 0.587. The molecular weight excluding hydrogens is 315 g/mol. The standard InChI is InChI=1S/C13H14BrFN2S/c1-8-9(2)18-13(17-8)7-16-6-10-5-11(14)3-4-12(10)15/h3-5,16H,6-7H2,1-2H3. The topological polar surface area (TPSA) is 24.9 Å². The molecule has 5 heteroatoms. The molecular formula is C13H14BrFN2S. The summed E-state index contributed by atoms with van der Waals surface area (Å²) in [6.45, 7) is 5.24. The molecule has 2 aromatic rings. The van der Waals surface area contributed by atoms with Crippen LogP contribution in [0.5, 0.6) is 0 Å². The molecule has 0 fully saturated rings.